The molecule has 0 N–H and O–H groups in total. The Kier molecular flexibility index (Phi) is 5.24. The molecule has 1 aliphatic rings. The second-order valence-electron chi connectivity index (χ2n) is 7.42. The number of hydrogen-bond acceptors (Lipinski definition) is 7. The first-order valence-electron chi connectivity index (χ1n) is 10.2. The summed E-state index contributed by atoms with van der Waals surface area (Å²) in [6.07, 6.45) is 4.14. The molecular weight excluding hydrogens is 384 g/mol. The molecule has 156 valence electrons. The van der Waals surface area contributed by atoms with E-state index in [1.807, 2.05) is 26.8 Å². The lowest BCUT2D eigenvalue weighted by Crippen LogP contribution is -2.15. The van der Waals surface area contributed by atoms with Crippen LogP contribution in [0.1, 0.15) is 81.7 Å². The minimum Gasteiger partial charge on any atom is -0.461 e. The Morgan fingerprint density at radius 3 is 2.60 bits per heavy atom. The highest BCUT2D eigenvalue weighted by Gasteiger charge is 2.38. The molecule has 0 atom stereocenters. The molecule has 1 aliphatic carbocycles. The number of benzene rings is 1. The third kappa shape index (κ3) is 3.42. The topological polar surface area (TPSA) is 100 Å². The van der Waals surface area contributed by atoms with E-state index in [9.17, 15) is 9.59 Å². The average Bonchev–Trinajstić information content (AvgIpc) is 3.33. The van der Waals surface area contributed by atoms with Crippen molar-refractivity contribution in [2.24, 2.45) is 0 Å². The largest absolute Gasteiger partial charge is 0.461 e. The summed E-state index contributed by atoms with van der Waals surface area (Å²) in [6.45, 7) is 7.70. The van der Waals surface area contributed by atoms with Crippen molar-refractivity contribution in [3.63, 3.8) is 0 Å². The van der Waals surface area contributed by atoms with Gasteiger partial charge in [0.15, 0.2) is 11.5 Å². The summed E-state index contributed by atoms with van der Waals surface area (Å²) in [5.41, 5.74) is 3.42. The highest BCUT2D eigenvalue weighted by atomic mass is 16.5. The molecule has 0 saturated heterocycles. The maximum absolute atomic E-state index is 13.6. The zero-order valence-corrected chi connectivity index (χ0v) is 17.6. The van der Waals surface area contributed by atoms with Crippen LogP contribution in [0.3, 0.4) is 0 Å². The minimum absolute atomic E-state index is 0.0422. The Balaban J connectivity index is 1.81. The summed E-state index contributed by atoms with van der Waals surface area (Å²) in [5.74, 6) is 0.385. The monoisotopic (exact) mass is 408 g/mol. The summed E-state index contributed by atoms with van der Waals surface area (Å²) in [7, 11) is 0. The van der Waals surface area contributed by atoms with Gasteiger partial charge in [-0.3, -0.25) is 4.79 Å². The minimum atomic E-state index is -0.638. The van der Waals surface area contributed by atoms with Gasteiger partial charge < -0.3 is 9.26 Å². The van der Waals surface area contributed by atoms with Crippen molar-refractivity contribution in [1.29, 1.82) is 0 Å². The van der Waals surface area contributed by atoms with E-state index in [1.54, 1.807) is 24.0 Å². The Hall–Kier alpha value is -3.29. The lowest BCUT2D eigenvalue weighted by atomic mass is 9.91. The fraction of sp³-hybridized carbons (Fsp3) is 0.409. The molecule has 0 aliphatic heterocycles. The van der Waals surface area contributed by atoms with Crippen LogP contribution in [0.4, 0.5) is 0 Å². The maximum Gasteiger partial charge on any atom is 0.361 e. The van der Waals surface area contributed by atoms with Gasteiger partial charge in [-0.05, 0) is 63.3 Å². The van der Waals surface area contributed by atoms with E-state index in [1.165, 1.54) is 0 Å². The van der Waals surface area contributed by atoms with E-state index in [2.05, 4.69) is 15.2 Å². The molecule has 0 radical (unpaired) electrons. The summed E-state index contributed by atoms with van der Waals surface area (Å²) in [6, 6.07) is 3.63. The van der Waals surface area contributed by atoms with Crippen LogP contribution in [0.5, 0.6) is 0 Å². The number of carbonyl (C=O) groups excluding carboxylic acids is 2. The highest BCUT2D eigenvalue weighted by Crippen LogP contribution is 2.43. The third-order valence-electron chi connectivity index (χ3n) is 5.38. The van der Waals surface area contributed by atoms with Crippen molar-refractivity contribution in [2.75, 3.05) is 6.61 Å². The van der Waals surface area contributed by atoms with Gasteiger partial charge in [0.1, 0.15) is 17.7 Å². The number of aryl methyl sites for hydroxylation is 1. The lowest BCUT2D eigenvalue weighted by molar-refractivity contribution is 0.0512. The van der Waals surface area contributed by atoms with Crippen LogP contribution in [0.25, 0.3) is 5.69 Å². The zero-order valence-electron chi connectivity index (χ0n) is 17.6. The van der Waals surface area contributed by atoms with Crippen LogP contribution in [-0.2, 0) is 11.2 Å². The van der Waals surface area contributed by atoms with Crippen LogP contribution < -0.4 is 0 Å². The number of nitrogens with zero attached hydrogens (tertiary/aromatic N) is 4. The average molecular weight is 408 g/mol. The molecule has 0 amide bonds. The Morgan fingerprint density at radius 1 is 1.23 bits per heavy atom. The Labute approximate surface area is 174 Å². The van der Waals surface area contributed by atoms with Crippen LogP contribution in [0.2, 0.25) is 0 Å². The van der Waals surface area contributed by atoms with Gasteiger partial charge in [0.25, 0.3) is 0 Å². The first-order chi connectivity index (χ1) is 14.5. The molecule has 1 aromatic carbocycles. The molecule has 8 nitrogen and oxygen atoms in total. The molecule has 8 heteroatoms. The number of esters is 1. The molecule has 2 aromatic heterocycles. The van der Waals surface area contributed by atoms with E-state index in [4.69, 9.17) is 9.26 Å². The molecule has 1 fully saturated rings. The van der Waals surface area contributed by atoms with E-state index >= 15 is 0 Å². The molecular formula is C22H24N4O4. The second kappa shape index (κ2) is 7.85. The van der Waals surface area contributed by atoms with Crippen molar-refractivity contribution < 1.29 is 18.8 Å². The molecule has 2 heterocycles. The van der Waals surface area contributed by atoms with Crippen LogP contribution in [0, 0.1) is 13.8 Å². The summed E-state index contributed by atoms with van der Waals surface area (Å²) in [4.78, 5) is 30.2. The van der Waals surface area contributed by atoms with E-state index in [0.29, 0.717) is 23.6 Å². The predicted molar refractivity (Wildman–Crippen MR) is 108 cm³/mol. The fourth-order valence-corrected chi connectivity index (χ4v) is 3.74. The van der Waals surface area contributed by atoms with Gasteiger partial charge in [0.2, 0.25) is 5.69 Å². The standard InChI is InChI=1S/C22H24N4O4/c1-5-15-12(3)17(26-11-23-13(4)24-26)10-9-16(15)20(27)18-19(22(28)29-6-2)25-30-21(18)14-7-8-14/h9-11,14H,5-8H2,1-4H3. The quantitative estimate of drug-likeness (QED) is 0.434. The van der Waals surface area contributed by atoms with Gasteiger partial charge in [-0.25, -0.2) is 14.5 Å². The Bertz CT molecular complexity index is 1120. The van der Waals surface area contributed by atoms with Gasteiger partial charge in [0.05, 0.1) is 12.3 Å². The third-order valence-corrected chi connectivity index (χ3v) is 5.38. The first-order valence-corrected chi connectivity index (χ1v) is 10.2. The fourth-order valence-electron chi connectivity index (χ4n) is 3.74. The second-order valence-corrected chi connectivity index (χ2v) is 7.42. The Morgan fingerprint density at radius 2 is 2.00 bits per heavy atom. The summed E-state index contributed by atoms with van der Waals surface area (Å²) >= 11 is 0. The van der Waals surface area contributed by atoms with E-state index in [0.717, 1.165) is 29.7 Å². The number of hydrogen-bond donors (Lipinski definition) is 0. The lowest BCUT2D eigenvalue weighted by Gasteiger charge is -2.15. The molecule has 0 spiro atoms. The van der Waals surface area contributed by atoms with Crippen LogP contribution in [-0.4, -0.2) is 38.3 Å². The van der Waals surface area contributed by atoms with Gasteiger partial charge in [0, 0.05) is 11.5 Å². The summed E-state index contributed by atoms with van der Waals surface area (Å²) in [5, 5.41) is 8.27. The molecule has 30 heavy (non-hydrogen) atoms. The van der Waals surface area contributed by atoms with E-state index < -0.39 is 5.97 Å². The number of aromatic nitrogens is 4. The first kappa shape index (κ1) is 20.0. The van der Waals surface area contributed by atoms with Crippen molar-refractivity contribution in [2.45, 2.75) is 52.9 Å². The highest BCUT2D eigenvalue weighted by molar-refractivity contribution is 6.15. The van der Waals surface area contributed by atoms with Crippen molar-refractivity contribution >= 4 is 11.8 Å². The number of ether oxygens (including phenoxy) is 1. The van der Waals surface area contributed by atoms with Crippen molar-refractivity contribution in [1.82, 2.24) is 19.9 Å². The molecule has 1 saturated carbocycles. The molecule has 4 rings (SSSR count). The van der Waals surface area contributed by atoms with E-state index in [-0.39, 0.29) is 29.6 Å². The zero-order chi connectivity index (χ0) is 21.4. The molecule has 0 unspecified atom stereocenters. The van der Waals surface area contributed by atoms with Gasteiger partial charge >= 0.3 is 5.97 Å². The maximum atomic E-state index is 13.6. The van der Waals surface area contributed by atoms with Crippen molar-refractivity contribution in [3.05, 3.63) is 58.0 Å². The van der Waals surface area contributed by atoms with Crippen LogP contribution >= 0.6 is 0 Å². The van der Waals surface area contributed by atoms with Gasteiger partial charge in [-0.1, -0.05) is 12.1 Å². The number of carbonyl (C=O) groups is 2. The normalized spacial score (nSPS) is 13.5. The SMILES string of the molecule is CCOC(=O)c1noc(C2CC2)c1C(=O)c1ccc(-n2cnc(C)n2)c(C)c1CC. The van der Waals surface area contributed by atoms with Crippen LogP contribution in [0.15, 0.2) is 23.0 Å². The molecule has 0 bridgehead atoms. The number of rotatable bonds is 7. The summed E-state index contributed by atoms with van der Waals surface area (Å²) < 4.78 is 12.2. The van der Waals surface area contributed by atoms with Gasteiger partial charge in [-0.15, -0.1) is 0 Å². The van der Waals surface area contributed by atoms with Crippen molar-refractivity contribution in [3.8, 4) is 5.69 Å². The molecule has 3 aromatic rings. The van der Waals surface area contributed by atoms with Gasteiger partial charge in [-0.2, -0.15) is 5.10 Å². The predicted octanol–water partition coefficient (Wildman–Crippen LogP) is 3.72. The smallest absolute Gasteiger partial charge is 0.361 e. The number of ketones is 1.